The molecule has 0 aliphatic heterocycles. The third-order valence-corrected chi connectivity index (χ3v) is 5.03. The van der Waals surface area contributed by atoms with Crippen LogP contribution in [-0.4, -0.2) is 56.1 Å². The molecule has 3 heteroatoms. The summed E-state index contributed by atoms with van der Waals surface area (Å²) in [4.78, 5) is 4.93. The Kier molecular flexibility index (Phi) is 5.05. The number of hydrogen-bond acceptors (Lipinski definition) is 3. The van der Waals surface area contributed by atoms with Gasteiger partial charge in [-0.15, -0.1) is 0 Å². The molecule has 2 N–H and O–H groups in total. The first kappa shape index (κ1) is 14.3. The van der Waals surface area contributed by atoms with Gasteiger partial charge in [-0.25, -0.2) is 0 Å². The van der Waals surface area contributed by atoms with Crippen LogP contribution in [0.4, 0.5) is 0 Å². The zero-order chi connectivity index (χ0) is 13.1. The van der Waals surface area contributed by atoms with Crippen LogP contribution in [-0.2, 0) is 0 Å². The lowest BCUT2D eigenvalue weighted by Gasteiger charge is -2.34. The van der Waals surface area contributed by atoms with Crippen LogP contribution >= 0.6 is 0 Å². The minimum absolute atomic E-state index is 0.488. The minimum Gasteiger partial charge on any atom is -0.327 e. The monoisotopic (exact) mass is 253 g/mol. The van der Waals surface area contributed by atoms with E-state index in [0.717, 1.165) is 24.3 Å². The maximum atomic E-state index is 6.43. The molecule has 2 aliphatic rings. The van der Waals surface area contributed by atoms with Crippen LogP contribution in [0.3, 0.4) is 0 Å². The average molecular weight is 253 g/mol. The second-order valence-electron chi connectivity index (χ2n) is 6.68. The van der Waals surface area contributed by atoms with Crippen LogP contribution in [0.25, 0.3) is 0 Å². The van der Waals surface area contributed by atoms with Gasteiger partial charge in [0.15, 0.2) is 0 Å². The Hall–Kier alpha value is -0.120. The molecule has 0 aromatic rings. The highest BCUT2D eigenvalue weighted by molar-refractivity contribution is 4.99. The van der Waals surface area contributed by atoms with Gasteiger partial charge in [0.1, 0.15) is 0 Å². The van der Waals surface area contributed by atoms with Gasteiger partial charge >= 0.3 is 0 Å². The van der Waals surface area contributed by atoms with E-state index in [0.29, 0.717) is 6.04 Å². The lowest BCUT2D eigenvalue weighted by Crippen LogP contribution is -2.44. The van der Waals surface area contributed by atoms with Gasteiger partial charge in [-0.05, 0) is 64.1 Å². The first-order valence-electron chi connectivity index (χ1n) is 7.74. The minimum atomic E-state index is 0.488. The van der Waals surface area contributed by atoms with Crippen LogP contribution in [0.2, 0.25) is 0 Å². The second-order valence-corrected chi connectivity index (χ2v) is 6.68. The van der Waals surface area contributed by atoms with Gasteiger partial charge in [0.25, 0.3) is 0 Å². The summed E-state index contributed by atoms with van der Waals surface area (Å²) in [5.74, 6) is 2.55. The fraction of sp³-hybridized carbons (Fsp3) is 1.00. The maximum absolute atomic E-state index is 6.43. The average Bonchev–Trinajstić information content (AvgIpc) is 2.89. The molecule has 0 aromatic carbocycles. The van der Waals surface area contributed by atoms with Gasteiger partial charge < -0.3 is 15.5 Å². The quantitative estimate of drug-likeness (QED) is 0.748. The van der Waals surface area contributed by atoms with Crippen LogP contribution in [0.5, 0.6) is 0 Å². The van der Waals surface area contributed by atoms with E-state index in [4.69, 9.17) is 5.73 Å². The Labute approximate surface area is 113 Å². The van der Waals surface area contributed by atoms with Gasteiger partial charge in [-0.1, -0.05) is 6.92 Å². The lowest BCUT2D eigenvalue weighted by molar-refractivity contribution is 0.163. The van der Waals surface area contributed by atoms with Crippen molar-refractivity contribution in [3.8, 4) is 0 Å². The smallest absolute Gasteiger partial charge is 0.0111 e. The van der Waals surface area contributed by atoms with Crippen molar-refractivity contribution >= 4 is 0 Å². The molecular formula is C15H31N3. The maximum Gasteiger partial charge on any atom is 0.0111 e. The molecular weight excluding hydrogens is 222 g/mol. The topological polar surface area (TPSA) is 32.5 Å². The summed E-state index contributed by atoms with van der Waals surface area (Å²) in [6, 6.07) is 0.488. The van der Waals surface area contributed by atoms with E-state index < -0.39 is 0 Å². The molecule has 2 bridgehead atoms. The molecule has 106 valence electrons. The third-order valence-electron chi connectivity index (χ3n) is 5.03. The molecule has 3 nitrogen and oxygen atoms in total. The van der Waals surface area contributed by atoms with E-state index in [9.17, 15) is 0 Å². The van der Waals surface area contributed by atoms with E-state index >= 15 is 0 Å². The SMILES string of the molecule is CCCN(CCN(C)C)CC1C2CCC(C2)C1N. The highest BCUT2D eigenvalue weighted by atomic mass is 15.2. The summed E-state index contributed by atoms with van der Waals surface area (Å²) in [6.45, 7) is 7.11. The van der Waals surface area contributed by atoms with Gasteiger partial charge in [-0.3, -0.25) is 0 Å². The summed E-state index contributed by atoms with van der Waals surface area (Å²) < 4.78 is 0. The number of likely N-dealkylation sites (N-methyl/N-ethyl adjacent to an activating group) is 1. The van der Waals surface area contributed by atoms with Gasteiger partial charge in [-0.2, -0.15) is 0 Å². The van der Waals surface area contributed by atoms with Crippen molar-refractivity contribution in [3.63, 3.8) is 0 Å². The van der Waals surface area contributed by atoms with E-state index in [1.807, 2.05) is 0 Å². The predicted molar refractivity (Wildman–Crippen MR) is 77.6 cm³/mol. The fourth-order valence-electron chi connectivity index (χ4n) is 3.98. The van der Waals surface area contributed by atoms with E-state index in [-0.39, 0.29) is 0 Å². The standard InChI is InChI=1S/C15H31N3/c1-4-7-18(9-8-17(2)3)11-14-12-5-6-13(10-12)15(14)16/h12-15H,4-11,16H2,1-3H3. The van der Waals surface area contributed by atoms with Crippen LogP contribution in [0.15, 0.2) is 0 Å². The van der Waals surface area contributed by atoms with E-state index in [2.05, 4.69) is 30.8 Å². The van der Waals surface area contributed by atoms with Crippen LogP contribution < -0.4 is 5.73 Å². The van der Waals surface area contributed by atoms with Crippen LogP contribution in [0.1, 0.15) is 32.6 Å². The summed E-state index contributed by atoms with van der Waals surface area (Å²) in [5, 5.41) is 0. The molecule has 2 fully saturated rings. The molecule has 0 radical (unpaired) electrons. The molecule has 0 aromatic heterocycles. The Morgan fingerprint density at radius 2 is 1.78 bits per heavy atom. The van der Waals surface area contributed by atoms with E-state index in [1.54, 1.807) is 0 Å². The number of fused-ring (bicyclic) bond motifs is 2. The van der Waals surface area contributed by atoms with Gasteiger partial charge in [0.05, 0.1) is 0 Å². The molecule has 2 aliphatic carbocycles. The second kappa shape index (κ2) is 6.36. The van der Waals surface area contributed by atoms with Crippen molar-refractivity contribution in [1.29, 1.82) is 0 Å². The molecule has 0 heterocycles. The lowest BCUT2D eigenvalue weighted by atomic mass is 9.84. The number of nitrogens with two attached hydrogens (primary N) is 1. The molecule has 0 amide bonds. The van der Waals surface area contributed by atoms with Crippen molar-refractivity contribution in [1.82, 2.24) is 9.80 Å². The van der Waals surface area contributed by atoms with Gasteiger partial charge in [0.2, 0.25) is 0 Å². The summed E-state index contributed by atoms with van der Waals surface area (Å²) >= 11 is 0. The Balaban J connectivity index is 1.84. The molecule has 0 saturated heterocycles. The predicted octanol–water partition coefficient (Wildman–Crippen LogP) is 1.63. The number of nitrogens with zero attached hydrogens (tertiary/aromatic N) is 2. The van der Waals surface area contributed by atoms with Crippen molar-refractivity contribution in [2.24, 2.45) is 23.5 Å². The largest absolute Gasteiger partial charge is 0.327 e. The first-order chi connectivity index (χ1) is 8.61. The first-order valence-corrected chi connectivity index (χ1v) is 7.74. The molecule has 2 rings (SSSR count). The summed E-state index contributed by atoms with van der Waals surface area (Å²) in [5.41, 5.74) is 6.43. The summed E-state index contributed by atoms with van der Waals surface area (Å²) in [6.07, 6.45) is 5.51. The zero-order valence-electron chi connectivity index (χ0n) is 12.4. The zero-order valence-corrected chi connectivity index (χ0v) is 12.4. The van der Waals surface area contributed by atoms with Crippen molar-refractivity contribution in [3.05, 3.63) is 0 Å². The Morgan fingerprint density at radius 1 is 1.06 bits per heavy atom. The third kappa shape index (κ3) is 3.25. The molecule has 4 atom stereocenters. The highest BCUT2D eigenvalue weighted by Crippen LogP contribution is 2.47. The molecule has 0 spiro atoms. The number of hydrogen-bond donors (Lipinski definition) is 1. The Bertz CT molecular complexity index is 252. The molecule has 18 heavy (non-hydrogen) atoms. The number of rotatable bonds is 7. The van der Waals surface area contributed by atoms with E-state index in [1.165, 1.54) is 45.3 Å². The molecule has 2 saturated carbocycles. The van der Waals surface area contributed by atoms with Gasteiger partial charge in [0, 0.05) is 25.7 Å². The van der Waals surface area contributed by atoms with Crippen molar-refractivity contribution < 1.29 is 0 Å². The highest BCUT2D eigenvalue weighted by Gasteiger charge is 2.45. The van der Waals surface area contributed by atoms with Crippen LogP contribution in [0, 0.1) is 17.8 Å². The Morgan fingerprint density at radius 3 is 2.33 bits per heavy atom. The molecule has 4 unspecified atom stereocenters. The summed E-state index contributed by atoms with van der Waals surface area (Å²) in [7, 11) is 4.32. The van der Waals surface area contributed by atoms with Crippen molar-refractivity contribution in [2.75, 3.05) is 40.3 Å². The fourth-order valence-corrected chi connectivity index (χ4v) is 3.98. The van der Waals surface area contributed by atoms with Crippen molar-refractivity contribution in [2.45, 2.75) is 38.6 Å². The normalized spacial score (nSPS) is 35.0.